The average molecular weight is 470 g/mol. The van der Waals surface area contributed by atoms with Crippen LogP contribution in [-0.2, 0) is 16.1 Å². The molecular weight excluding hydrogens is 450 g/mol. The molecule has 3 N–H and O–H groups in total. The summed E-state index contributed by atoms with van der Waals surface area (Å²) in [5.74, 6) is -0.674. The van der Waals surface area contributed by atoms with Gasteiger partial charge in [0.15, 0.2) is 11.5 Å². The van der Waals surface area contributed by atoms with Crippen molar-refractivity contribution in [2.45, 2.75) is 12.8 Å². The van der Waals surface area contributed by atoms with Crippen LogP contribution in [0, 0.1) is 0 Å². The molecule has 1 aromatic heterocycles. The van der Waals surface area contributed by atoms with Crippen LogP contribution >= 0.6 is 0 Å². The number of hydrogen-bond donors (Lipinski definition) is 3. The lowest BCUT2D eigenvalue weighted by Gasteiger charge is -2.13. The molecule has 0 fully saturated rings. The Labute approximate surface area is 193 Å². The maximum Gasteiger partial charge on any atom is 0.586 e. The lowest BCUT2D eigenvalue weighted by molar-refractivity contribution is -0.286. The summed E-state index contributed by atoms with van der Waals surface area (Å²) in [6.07, 6.45) is -2.18. The van der Waals surface area contributed by atoms with E-state index in [1.54, 1.807) is 42.6 Å². The van der Waals surface area contributed by atoms with E-state index in [2.05, 4.69) is 30.4 Å². The van der Waals surface area contributed by atoms with E-state index in [9.17, 15) is 18.4 Å². The predicted molar refractivity (Wildman–Crippen MR) is 119 cm³/mol. The molecule has 1 aliphatic heterocycles. The number of nitrogens with zero attached hydrogens (tertiary/aromatic N) is 1. The van der Waals surface area contributed by atoms with Crippen molar-refractivity contribution in [3.8, 4) is 11.5 Å². The largest absolute Gasteiger partial charge is 0.586 e. The monoisotopic (exact) mass is 470 g/mol. The Morgan fingerprint density at radius 2 is 1.82 bits per heavy atom. The molecule has 34 heavy (non-hydrogen) atoms. The first-order valence-electron chi connectivity index (χ1n) is 10.1. The Morgan fingerprint density at radius 3 is 2.65 bits per heavy atom. The maximum atomic E-state index is 13.2. The molecule has 2 amide bonds. The molecule has 0 atom stereocenters. The number of halogens is 2. The number of amides is 2. The second-order valence-electron chi connectivity index (χ2n) is 7.21. The van der Waals surface area contributed by atoms with Gasteiger partial charge in [0.25, 0.3) is 11.8 Å². The summed E-state index contributed by atoms with van der Waals surface area (Å²) in [7, 11) is 1.42. The molecule has 0 bridgehead atoms. The number of benzene rings is 2. The molecule has 0 unspecified atom stereocenters. The highest BCUT2D eigenvalue weighted by Crippen LogP contribution is 2.42. The number of alkyl halides is 2. The minimum absolute atomic E-state index is 0.0849. The van der Waals surface area contributed by atoms with Gasteiger partial charge >= 0.3 is 6.29 Å². The van der Waals surface area contributed by atoms with Crippen LogP contribution in [0.1, 0.15) is 15.9 Å². The van der Waals surface area contributed by atoms with Crippen LogP contribution in [0.25, 0.3) is 0 Å². The lowest BCUT2D eigenvalue weighted by Crippen LogP contribution is -2.25. The Morgan fingerprint density at radius 1 is 1.03 bits per heavy atom. The van der Waals surface area contributed by atoms with Crippen molar-refractivity contribution < 1.29 is 32.6 Å². The molecule has 11 heteroatoms. The molecule has 0 radical (unpaired) electrons. The topological polar surface area (TPSA) is 111 Å². The molecule has 1 aliphatic rings. The van der Waals surface area contributed by atoms with Crippen molar-refractivity contribution in [3.05, 3.63) is 71.9 Å². The standard InChI is InChI=1S/C23H20F2N4O5/c1-32-13-21(30)29-20-10-14(8-9-26-20)12-27-17-5-3-2-4-16(17)22(31)28-15-6-7-18-19(11-15)34-23(24,25)33-18/h2-11,27H,12-13H2,1H3,(H,28,31)(H,26,29,30). The zero-order valence-electron chi connectivity index (χ0n) is 17.9. The first-order chi connectivity index (χ1) is 16.3. The van der Waals surface area contributed by atoms with Gasteiger partial charge < -0.3 is 30.2 Å². The third kappa shape index (κ3) is 5.56. The lowest BCUT2D eigenvalue weighted by atomic mass is 10.1. The number of ether oxygens (including phenoxy) is 3. The van der Waals surface area contributed by atoms with Gasteiger partial charge in [0, 0.05) is 37.3 Å². The molecule has 0 aliphatic carbocycles. The third-order valence-corrected chi connectivity index (χ3v) is 4.68. The maximum absolute atomic E-state index is 13.2. The molecule has 0 saturated heterocycles. The van der Waals surface area contributed by atoms with Gasteiger partial charge in [-0.25, -0.2) is 4.98 Å². The zero-order valence-corrected chi connectivity index (χ0v) is 17.9. The van der Waals surface area contributed by atoms with E-state index in [1.807, 2.05) is 0 Å². The number of rotatable bonds is 8. The fourth-order valence-corrected chi connectivity index (χ4v) is 3.22. The fraction of sp³-hybridized carbons (Fsp3) is 0.174. The number of hydrogen-bond acceptors (Lipinski definition) is 7. The SMILES string of the molecule is COCC(=O)Nc1cc(CNc2ccccc2C(=O)Nc2ccc3c(c2)OC(F)(F)O3)ccn1. The molecule has 0 saturated carbocycles. The van der Waals surface area contributed by atoms with E-state index in [4.69, 9.17) is 4.74 Å². The van der Waals surface area contributed by atoms with E-state index in [0.29, 0.717) is 23.6 Å². The van der Waals surface area contributed by atoms with Gasteiger partial charge in [0.05, 0.1) is 5.56 Å². The van der Waals surface area contributed by atoms with E-state index < -0.39 is 12.2 Å². The Hall–Kier alpha value is -4.25. The number of aromatic nitrogens is 1. The normalized spacial score (nSPS) is 13.3. The minimum Gasteiger partial charge on any atom is -0.395 e. The smallest absolute Gasteiger partial charge is 0.395 e. The zero-order chi connectivity index (χ0) is 24.1. The summed E-state index contributed by atoms with van der Waals surface area (Å²) in [6, 6.07) is 14.3. The molecule has 4 rings (SSSR count). The van der Waals surface area contributed by atoms with Crippen LogP contribution in [-0.4, -0.2) is 36.8 Å². The fourth-order valence-electron chi connectivity index (χ4n) is 3.22. The molecule has 3 aromatic rings. The minimum atomic E-state index is -3.74. The van der Waals surface area contributed by atoms with Gasteiger partial charge in [-0.3, -0.25) is 9.59 Å². The van der Waals surface area contributed by atoms with Gasteiger partial charge in [-0.15, -0.1) is 8.78 Å². The first kappa shape index (κ1) is 22.9. The number of nitrogens with one attached hydrogen (secondary N) is 3. The Bertz CT molecular complexity index is 1220. The van der Waals surface area contributed by atoms with E-state index in [1.165, 1.54) is 25.3 Å². The van der Waals surface area contributed by atoms with Crippen LogP contribution in [0.5, 0.6) is 11.5 Å². The van der Waals surface area contributed by atoms with Crippen molar-refractivity contribution in [1.82, 2.24) is 4.98 Å². The van der Waals surface area contributed by atoms with E-state index in [-0.39, 0.29) is 29.7 Å². The third-order valence-electron chi connectivity index (χ3n) is 4.68. The van der Waals surface area contributed by atoms with Crippen LogP contribution < -0.4 is 25.4 Å². The van der Waals surface area contributed by atoms with Gasteiger partial charge in [-0.1, -0.05) is 12.1 Å². The van der Waals surface area contributed by atoms with Gasteiger partial charge in [0.2, 0.25) is 0 Å². The van der Waals surface area contributed by atoms with Crippen LogP contribution in [0.15, 0.2) is 60.8 Å². The summed E-state index contributed by atoms with van der Waals surface area (Å²) >= 11 is 0. The van der Waals surface area contributed by atoms with E-state index >= 15 is 0 Å². The number of methoxy groups -OCH3 is 1. The Kier molecular flexibility index (Phi) is 6.55. The van der Waals surface area contributed by atoms with Crippen molar-refractivity contribution >= 4 is 29.0 Å². The molecule has 0 spiro atoms. The molecule has 9 nitrogen and oxygen atoms in total. The number of carbonyl (C=O) groups is 2. The van der Waals surface area contributed by atoms with Crippen LogP contribution in [0.4, 0.5) is 26.0 Å². The van der Waals surface area contributed by atoms with Gasteiger partial charge in [-0.05, 0) is 42.0 Å². The van der Waals surface area contributed by atoms with Crippen molar-refractivity contribution in [2.75, 3.05) is 29.7 Å². The van der Waals surface area contributed by atoms with Gasteiger partial charge in [-0.2, -0.15) is 0 Å². The summed E-state index contributed by atoms with van der Waals surface area (Å²) < 4.78 is 40.0. The molecule has 176 valence electrons. The summed E-state index contributed by atoms with van der Waals surface area (Å²) in [4.78, 5) is 28.6. The number of pyridine rings is 1. The van der Waals surface area contributed by atoms with Crippen LogP contribution in [0.2, 0.25) is 0 Å². The molecule has 2 aromatic carbocycles. The summed E-state index contributed by atoms with van der Waals surface area (Å²) in [5.41, 5.74) is 1.97. The second-order valence-corrected chi connectivity index (χ2v) is 7.21. The van der Waals surface area contributed by atoms with Crippen molar-refractivity contribution in [3.63, 3.8) is 0 Å². The molecular formula is C23H20F2N4O5. The summed E-state index contributed by atoms with van der Waals surface area (Å²) in [6.45, 7) is 0.261. The highest BCUT2D eigenvalue weighted by Gasteiger charge is 2.43. The predicted octanol–water partition coefficient (Wildman–Crippen LogP) is 3.85. The highest BCUT2D eigenvalue weighted by molar-refractivity contribution is 6.08. The quantitative estimate of drug-likeness (QED) is 0.459. The van der Waals surface area contributed by atoms with E-state index in [0.717, 1.165) is 5.56 Å². The highest BCUT2D eigenvalue weighted by atomic mass is 19.3. The summed E-state index contributed by atoms with van der Waals surface area (Å²) in [5, 5.41) is 8.48. The number of fused-ring (bicyclic) bond motifs is 1. The molecule has 2 heterocycles. The van der Waals surface area contributed by atoms with Crippen LogP contribution in [0.3, 0.4) is 0 Å². The second kappa shape index (κ2) is 9.71. The first-order valence-corrected chi connectivity index (χ1v) is 10.1. The van der Waals surface area contributed by atoms with Gasteiger partial charge in [0.1, 0.15) is 12.4 Å². The number of para-hydroxylation sites is 1. The number of anilines is 3. The number of carbonyl (C=O) groups excluding carboxylic acids is 2. The van der Waals surface area contributed by atoms with Crippen molar-refractivity contribution in [1.29, 1.82) is 0 Å². The Balaban J connectivity index is 1.43. The van der Waals surface area contributed by atoms with Crippen molar-refractivity contribution in [2.24, 2.45) is 0 Å². The average Bonchev–Trinajstić information content (AvgIpc) is 3.11.